The molecular weight excluding hydrogens is 406 g/mol. The summed E-state index contributed by atoms with van der Waals surface area (Å²) in [6.45, 7) is 3.64. The van der Waals surface area contributed by atoms with Crippen LogP contribution in [0.1, 0.15) is 34.6 Å². The summed E-state index contributed by atoms with van der Waals surface area (Å²) in [5.41, 5.74) is 4.11. The molecule has 2 aromatic carbocycles. The fourth-order valence-corrected chi connectivity index (χ4v) is 2.47. The van der Waals surface area contributed by atoms with Crippen molar-refractivity contribution in [1.29, 1.82) is 0 Å². The zero-order valence-corrected chi connectivity index (χ0v) is 15.6. The molecule has 8 nitrogen and oxygen atoms in total. The Balaban J connectivity index is 2.15. The minimum absolute atomic E-state index is 0.149. The molecule has 0 fully saturated rings. The molecule has 0 radical (unpaired) electrons. The minimum atomic E-state index is -0.799. The summed E-state index contributed by atoms with van der Waals surface area (Å²) in [6, 6.07) is 10.3. The number of carbonyl (C=O) groups excluding carboxylic acids is 2. The van der Waals surface area contributed by atoms with E-state index in [1.807, 2.05) is 13.8 Å². The van der Waals surface area contributed by atoms with Gasteiger partial charge in [-0.25, -0.2) is 0 Å². The molecule has 0 atom stereocenters. The van der Waals surface area contributed by atoms with Crippen molar-refractivity contribution in [2.45, 2.75) is 20.0 Å². The van der Waals surface area contributed by atoms with E-state index in [4.69, 9.17) is 4.74 Å². The van der Waals surface area contributed by atoms with Crippen LogP contribution in [0.5, 0.6) is 5.75 Å². The largest absolute Gasteiger partial charge is 0.490 e. The zero-order valence-electron chi connectivity index (χ0n) is 14.0. The van der Waals surface area contributed by atoms with Crippen LogP contribution in [0.15, 0.2) is 46.9 Å². The highest BCUT2D eigenvalue weighted by molar-refractivity contribution is 9.10. The molecule has 26 heavy (non-hydrogen) atoms. The molecule has 0 aliphatic heterocycles. The Labute approximate surface area is 157 Å². The lowest BCUT2D eigenvalue weighted by atomic mass is 10.1. The Bertz CT molecular complexity index is 854. The van der Waals surface area contributed by atoms with Crippen molar-refractivity contribution in [3.05, 3.63) is 68.2 Å². The lowest BCUT2D eigenvalue weighted by Crippen LogP contribution is -2.42. The first-order valence-corrected chi connectivity index (χ1v) is 8.39. The van der Waals surface area contributed by atoms with Gasteiger partial charge >= 0.3 is 0 Å². The van der Waals surface area contributed by atoms with Gasteiger partial charge in [0.1, 0.15) is 11.3 Å². The maximum absolute atomic E-state index is 12.4. The van der Waals surface area contributed by atoms with Gasteiger partial charge < -0.3 is 4.74 Å². The third kappa shape index (κ3) is 4.79. The number of nitro benzene ring substituents is 1. The van der Waals surface area contributed by atoms with Gasteiger partial charge in [0.2, 0.25) is 0 Å². The number of para-hydroxylation sites is 1. The number of hydrogen-bond acceptors (Lipinski definition) is 5. The second-order valence-electron chi connectivity index (χ2n) is 5.49. The SMILES string of the molecule is CC(C)Oc1ccc(Br)cc1C(=O)NNC(=O)c1ccccc1[N+](=O)[O-]. The molecule has 0 spiro atoms. The average molecular weight is 422 g/mol. The number of hydrogen-bond donors (Lipinski definition) is 2. The van der Waals surface area contributed by atoms with Crippen LogP contribution < -0.4 is 15.6 Å². The third-order valence-electron chi connectivity index (χ3n) is 3.18. The van der Waals surface area contributed by atoms with E-state index in [1.54, 1.807) is 18.2 Å². The van der Waals surface area contributed by atoms with Crippen molar-refractivity contribution in [2.24, 2.45) is 0 Å². The number of rotatable bonds is 5. The molecule has 0 saturated carbocycles. The van der Waals surface area contributed by atoms with E-state index < -0.39 is 16.7 Å². The predicted octanol–water partition coefficient (Wildman–Crippen LogP) is 3.22. The van der Waals surface area contributed by atoms with E-state index in [2.05, 4.69) is 26.8 Å². The number of nitro groups is 1. The maximum Gasteiger partial charge on any atom is 0.282 e. The first kappa shape index (κ1) is 19.4. The number of nitrogens with one attached hydrogen (secondary N) is 2. The maximum atomic E-state index is 12.4. The molecule has 0 unspecified atom stereocenters. The normalized spacial score (nSPS) is 10.3. The van der Waals surface area contributed by atoms with Crippen LogP contribution in [0.3, 0.4) is 0 Å². The number of carbonyl (C=O) groups is 2. The third-order valence-corrected chi connectivity index (χ3v) is 3.68. The highest BCUT2D eigenvalue weighted by atomic mass is 79.9. The topological polar surface area (TPSA) is 111 Å². The van der Waals surface area contributed by atoms with Crippen molar-refractivity contribution in [3.63, 3.8) is 0 Å². The van der Waals surface area contributed by atoms with Gasteiger partial charge in [0.05, 0.1) is 16.6 Å². The van der Waals surface area contributed by atoms with Crippen LogP contribution in [0.2, 0.25) is 0 Å². The van der Waals surface area contributed by atoms with Crippen LogP contribution in [0, 0.1) is 10.1 Å². The molecule has 0 heterocycles. The highest BCUT2D eigenvalue weighted by Gasteiger charge is 2.20. The van der Waals surface area contributed by atoms with E-state index in [9.17, 15) is 19.7 Å². The molecule has 2 amide bonds. The van der Waals surface area contributed by atoms with Gasteiger partial charge in [-0.05, 0) is 38.1 Å². The summed E-state index contributed by atoms with van der Waals surface area (Å²) in [7, 11) is 0. The number of hydrazine groups is 1. The van der Waals surface area contributed by atoms with Gasteiger partial charge in [-0.1, -0.05) is 28.1 Å². The summed E-state index contributed by atoms with van der Waals surface area (Å²) in [6.07, 6.45) is -0.149. The van der Waals surface area contributed by atoms with E-state index in [0.717, 1.165) is 0 Å². The van der Waals surface area contributed by atoms with Crippen molar-refractivity contribution in [3.8, 4) is 5.75 Å². The fourth-order valence-electron chi connectivity index (χ4n) is 2.11. The number of benzene rings is 2. The van der Waals surface area contributed by atoms with Gasteiger partial charge in [0, 0.05) is 10.5 Å². The Hall–Kier alpha value is -2.94. The first-order valence-electron chi connectivity index (χ1n) is 7.60. The van der Waals surface area contributed by atoms with Crippen molar-refractivity contribution >= 4 is 33.4 Å². The second kappa shape index (κ2) is 8.43. The number of ether oxygens (including phenoxy) is 1. The lowest BCUT2D eigenvalue weighted by Gasteiger charge is -2.15. The molecule has 2 aromatic rings. The predicted molar refractivity (Wildman–Crippen MR) is 97.9 cm³/mol. The molecule has 2 rings (SSSR count). The summed E-state index contributed by atoms with van der Waals surface area (Å²) < 4.78 is 6.24. The summed E-state index contributed by atoms with van der Waals surface area (Å²) >= 11 is 3.28. The number of amides is 2. The Morgan fingerprint density at radius 1 is 1.08 bits per heavy atom. The molecule has 2 N–H and O–H groups in total. The number of nitrogens with zero attached hydrogens (tertiary/aromatic N) is 1. The summed E-state index contributed by atoms with van der Waals surface area (Å²) in [5.74, 6) is -1.07. The molecule has 0 bridgehead atoms. The zero-order chi connectivity index (χ0) is 19.3. The van der Waals surface area contributed by atoms with E-state index in [0.29, 0.717) is 10.2 Å². The van der Waals surface area contributed by atoms with Crippen molar-refractivity contribution in [1.82, 2.24) is 10.9 Å². The molecular formula is C17H16BrN3O5. The van der Waals surface area contributed by atoms with Gasteiger partial charge in [-0.2, -0.15) is 0 Å². The Morgan fingerprint density at radius 3 is 2.31 bits per heavy atom. The summed E-state index contributed by atoms with van der Waals surface area (Å²) in [4.78, 5) is 34.9. The molecule has 0 aliphatic rings. The smallest absolute Gasteiger partial charge is 0.282 e. The van der Waals surface area contributed by atoms with Crippen molar-refractivity contribution in [2.75, 3.05) is 0 Å². The molecule has 136 valence electrons. The van der Waals surface area contributed by atoms with Crippen LogP contribution >= 0.6 is 15.9 Å². The number of halogens is 1. The van der Waals surface area contributed by atoms with E-state index in [-0.39, 0.29) is 22.9 Å². The molecule has 9 heteroatoms. The lowest BCUT2D eigenvalue weighted by molar-refractivity contribution is -0.385. The molecule has 0 aliphatic carbocycles. The Morgan fingerprint density at radius 2 is 1.69 bits per heavy atom. The average Bonchev–Trinajstić information content (AvgIpc) is 2.60. The fraction of sp³-hybridized carbons (Fsp3) is 0.176. The van der Waals surface area contributed by atoms with Gasteiger partial charge in [-0.3, -0.25) is 30.6 Å². The molecule has 0 aromatic heterocycles. The van der Waals surface area contributed by atoms with Gasteiger partial charge in [0.25, 0.3) is 17.5 Å². The van der Waals surface area contributed by atoms with Crippen LogP contribution in [-0.4, -0.2) is 22.8 Å². The molecule has 0 saturated heterocycles. The van der Waals surface area contributed by atoms with Crippen LogP contribution in [0.4, 0.5) is 5.69 Å². The standard InChI is InChI=1S/C17H16BrN3O5/c1-10(2)26-15-8-7-11(18)9-13(15)17(23)20-19-16(22)12-5-3-4-6-14(12)21(24)25/h3-10H,1-2H3,(H,19,22)(H,20,23). The quantitative estimate of drug-likeness (QED) is 0.568. The minimum Gasteiger partial charge on any atom is -0.490 e. The monoisotopic (exact) mass is 421 g/mol. The highest BCUT2D eigenvalue weighted by Crippen LogP contribution is 2.24. The van der Waals surface area contributed by atoms with E-state index >= 15 is 0 Å². The van der Waals surface area contributed by atoms with Crippen molar-refractivity contribution < 1.29 is 19.2 Å². The first-order chi connectivity index (χ1) is 12.3. The Kier molecular flexibility index (Phi) is 6.29. The van der Waals surface area contributed by atoms with Gasteiger partial charge in [-0.15, -0.1) is 0 Å². The van der Waals surface area contributed by atoms with E-state index in [1.165, 1.54) is 24.3 Å². The van der Waals surface area contributed by atoms with Crippen LogP contribution in [-0.2, 0) is 0 Å². The second-order valence-corrected chi connectivity index (χ2v) is 6.41. The van der Waals surface area contributed by atoms with Gasteiger partial charge in [0.15, 0.2) is 0 Å². The summed E-state index contributed by atoms with van der Waals surface area (Å²) in [5, 5.41) is 11.0. The van der Waals surface area contributed by atoms with Crippen LogP contribution in [0.25, 0.3) is 0 Å².